The topological polar surface area (TPSA) is 31.2 Å². The van der Waals surface area contributed by atoms with Gasteiger partial charge in [0.25, 0.3) is 0 Å². The summed E-state index contributed by atoms with van der Waals surface area (Å²) in [6.45, 7) is 0. The highest BCUT2D eigenvalue weighted by Gasteiger charge is 2.22. The van der Waals surface area contributed by atoms with Crippen molar-refractivity contribution in [2.24, 2.45) is 0 Å². The number of hydrogen-bond acceptors (Lipinski definition) is 3. The second kappa shape index (κ2) is 8.87. The molecule has 4 heteroatoms. The van der Waals surface area contributed by atoms with Gasteiger partial charge in [0.05, 0.1) is 16.7 Å². The first-order chi connectivity index (χ1) is 22.8. The lowest BCUT2D eigenvalue weighted by Gasteiger charge is -2.09. The van der Waals surface area contributed by atoms with Gasteiger partial charge < -0.3 is 13.4 Å². The highest BCUT2D eigenvalue weighted by atomic mass is 32.1. The smallest absolute Gasteiger partial charge is 0.160 e. The van der Waals surface area contributed by atoms with E-state index in [0.29, 0.717) is 0 Å². The van der Waals surface area contributed by atoms with E-state index in [2.05, 4.69) is 132 Å². The van der Waals surface area contributed by atoms with Crippen LogP contribution in [0.4, 0.5) is 0 Å². The maximum atomic E-state index is 6.83. The van der Waals surface area contributed by atoms with Crippen molar-refractivity contribution in [3.63, 3.8) is 0 Å². The Bertz CT molecular complexity index is 3040. The maximum Gasteiger partial charge on any atom is 0.160 e. The monoisotopic (exact) mass is 605 g/mol. The number of benzene rings is 7. The Hall–Kier alpha value is -5.84. The van der Waals surface area contributed by atoms with Crippen LogP contribution in [0.2, 0.25) is 0 Å². The lowest BCUT2D eigenvalue weighted by Crippen LogP contribution is -1.94. The van der Waals surface area contributed by atoms with Crippen LogP contribution in [0.15, 0.2) is 148 Å². The van der Waals surface area contributed by atoms with Gasteiger partial charge in [0.1, 0.15) is 11.2 Å². The fraction of sp³-hybridized carbons (Fsp3) is 0. The molecule has 11 aromatic rings. The quantitative estimate of drug-likeness (QED) is 0.196. The van der Waals surface area contributed by atoms with Crippen molar-refractivity contribution in [1.29, 1.82) is 0 Å². The molecule has 0 aliphatic rings. The summed E-state index contributed by atoms with van der Waals surface area (Å²) in [5.41, 5.74) is 9.07. The lowest BCUT2D eigenvalue weighted by molar-refractivity contribution is 0.665. The SMILES string of the molecule is c1ccc2c(c1)oc1c2ccc2c3ccccc3n(-c3cccc4c3oc3cccc(-c5ccc6c(c5)sc5ccccc56)c34)c21. The van der Waals surface area contributed by atoms with E-state index in [4.69, 9.17) is 8.83 Å². The van der Waals surface area contributed by atoms with Crippen LogP contribution >= 0.6 is 11.3 Å². The summed E-state index contributed by atoms with van der Waals surface area (Å²) in [6.07, 6.45) is 0. The number of fused-ring (bicyclic) bond motifs is 13. The first-order valence-corrected chi connectivity index (χ1v) is 16.3. The third-order valence-corrected chi connectivity index (χ3v) is 10.7. The van der Waals surface area contributed by atoms with Gasteiger partial charge in [0, 0.05) is 52.5 Å². The Balaban J connectivity index is 1.22. The van der Waals surface area contributed by atoms with E-state index in [9.17, 15) is 0 Å². The second-order valence-corrected chi connectivity index (χ2v) is 13.1. The predicted molar refractivity (Wildman–Crippen MR) is 194 cm³/mol. The van der Waals surface area contributed by atoms with Crippen molar-refractivity contribution >= 4 is 97.2 Å². The van der Waals surface area contributed by atoms with Crippen molar-refractivity contribution < 1.29 is 8.83 Å². The van der Waals surface area contributed by atoms with Gasteiger partial charge in [-0.2, -0.15) is 0 Å². The Morgan fingerprint density at radius 2 is 1.15 bits per heavy atom. The van der Waals surface area contributed by atoms with Crippen molar-refractivity contribution in [3.05, 3.63) is 140 Å². The summed E-state index contributed by atoms with van der Waals surface area (Å²) in [7, 11) is 0. The number of para-hydroxylation sites is 3. The zero-order valence-corrected chi connectivity index (χ0v) is 25.3. The average molecular weight is 606 g/mol. The number of thiophene rings is 1. The predicted octanol–water partition coefficient (Wildman–Crippen LogP) is 12.6. The molecule has 4 heterocycles. The van der Waals surface area contributed by atoms with Gasteiger partial charge in [0.2, 0.25) is 0 Å². The normalized spacial score (nSPS) is 12.3. The first-order valence-electron chi connectivity index (χ1n) is 15.5. The van der Waals surface area contributed by atoms with E-state index in [1.54, 1.807) is 0 Å². The van der Waals surface area contributed by atoms with Gasteiger partial charge in [-0.15, -0.1) is 11.3 Å². The maximum absolute atomic E-state index is 6.83. The van der Waals surface area contributed by atoms with Gasteiger partial charge in [-0.3, -0.25) is 0 Å². The standard InChI is InChI=1S/C42H23NO2S/c1-4-14-33-26(9-1)30-21-22-31-27-10-2-5-16-35(27)44-42(31)40(30)43(33)34-15-7-13-32-39-25(12-8-17-36(39)45-41(32)34)24-19-20-29-28-11-3-6-18-37(28)46-38(29)23-24/h1-23H. The number of hydrogen-bond donors (Lipinski definition) is 0. The summed E-state index contributed by atoms with van der Waals surface area (Å²) >= 11 is 1.85. The molecule has 0 amide bonds. The summed E-state index contributed by atoms with van der Waals surface area (Å²) < 4.78 is 18.4. The molecule has 0 aliphatic heterocycles. The highest BCUT2D eigenvalue weighted by Crippen LogP contribution is 2.45. The molecular weight excluding hydrogens is 583 g/mol. The zero-order chi connectivity index (χ0) is 29.9. The van der Waals surface area contributed by atoms with E-state index in [-0.39, 0.29) is 0 Å². The Morgan fingerprint density at radius 1 is 0.457 bits per heavy atom. The third-order valence-electron chi connectivity index (χ3n) is 9.61. The molecule has 0 saturated carbocycles. The van der Waals surface area contributed by atoms with Gasteiger partial charge in [0.15, 0.2) is 11.2 Å². The van der Waals surface area contributed by atoms with Crippen LogP contribution in [0.1, 0.15) is 0 Å². The molecular formula is C42H23NO2S. The molecule has 4 aromatic heterocycles. The molecule has 0 bridgehead atoms. The van der Waals surface area contributed by atoms with Crippen LogP contribution in [-0.2, 0) is 0 Å². The molecule has 214 valence electrons. The minimum atomic E-state index is 0.864. The molecule has 0 spiro atoms. The Kier molecular flexibility index (Phi) is 4.72. The summed E-state index contributed by atoms with van der Waals surface area (Å²) in [5, 5.41) is 9.44. The molecule has 0 radical (unpaired) electrons. The summed E-state index contributed by atoms with van der Waals surface area (Å²) in [4.78, 5) is 0. The second-order valence-electron chi connectivity index (χ2n) is 12.0. The van der Waals surface area contributed by atoms with E-state index < -0.39 is 0 Å². The van der Waals surface area contributed by atoms with Crippen molar-refractivity contribution in [3.8, 4) is 16.8 Å². The third kappa shape index (κ3) is 3.16. The van der Waals surface area contributed by atoms with Crippen LogP contribution in [0.5, 0.6) is 0 Å². The average Bonchev–Trinajstić information content (AvgIpc) is 3.86. The number of aromatic nitrogens is 1. The number of rotatable bonds is 2. The molecule has 0 aliphatic carbocycles. The molecule has 7 aromatic carbocycles. The minimum Gasteiger partial charge on any atom is -0.454 e. The first kappa shape index (κ1) is 24.5. The Labute approximate surface area is 266 Å². The summed E-state index contributed by atoms with van der Waals surface area (Å²) in [6, 6.07) is 49.8. The van der Waals surface area contributed by atoms with Gasteiger partial charge in [-0.25, -0.2) is 0 Å². The van der Waals surface area contributed by atoms with Gasteiger partial charge >= 0.3 is 0 Å². The molecule has 11 rings (SSSR count). The molecule has 46 heavy (non-hydrogen) atoms. The van der Waals surface area contributed by atoms with Gasteiger partial charge in [-0.1, -0.05) is 97.1 Å². The molecule has 0 saturated heterocycles. The number of nitrogens with zero attached hydrogens (tertiary/aromatic N) is 1. The van der Waals surface area contributed by atoms with Crippen LogP contribution < -0.4 is 0 Å². The minimum absolute atomic E-state index is 0.864. The van der Waals surface area contributed by atoms with Crippen LogP contribution in [0.3, 0.4) is 0 Å². The largest absolute Gasteiger partial charge is 0.454 e. The van der Waals surface area contributed by atoms with E-state index in [1.807, 2.05) is 23.5 Å². The van der Waals surface area contributed by atoms with E-state index in [1.165, 1.54) is 36.7 Å². The molecule has 3 nitrogen and oxygen atoms in total. The zero-order valence-electron chi connectivity index (χ0n) is 24.5. The van der Waals surface area contributed by atoms with Crippen molar-refractivity contribution in [2.45, 2.75) is 0 Å². The molecule has 0 fully saturated rings. The molecule has 0 atom stereocenters. The van der Waals surface area contributed by atoms with Crippen LogP contribution in [-0.4, -0.2) is 4.57 Å². The summed E-state index contributed by atoms with van der Waals surface area (Å²) in [5.74, 6) is 0. The van der Waals surface area contributed by atoms with E-state index in [0.717, 1.165) is 66.0 Å². The lowest BCUT2D eigenvalue weighted by atomic mass is 9.98. The van der Waals surface area contributed by atoms with Gasteiger partial charge in [-0.05, 0) is 53.6 Å². The Morgan fingerprint density at radius 3 is 2.11 bits per heavy atom. The van der Waals surface area contributed by atoms with E-state index >= 15 is 0 Å². The fourth-order valence-corrected chi connectivity index (χ4v) is 8.77. The van der Waals surface area contributed by atoms with Crippen molar-refractivity contribution in [1.82, 2.24) is 4.57 Å². The highest BCUT2D eigenvalue weighted by molar-refractivity contribution is 7.25. The fourth-order valence-electron chi connectivity index (χ4n) is 7.62. The van der Waals surface area contributed by atoms with Crippen molar-refractivity contribution in [2.75, 3.05) is 0 Å². The molecule has 0 unspecified atom stereocenters. The van der Waals surface area contributed by atoms with Crippen LogP contribution in [0, 0.1) is 0 Å². The van der Waals surface area contributed by atoms with Crippen LogP contribution in [0.25, 0.3) is 103 Å². The molecule has 0 N–H and O–H groups in total. The number of furan rings is 2.